The van der Waals surface area contributed by atoms with Crippen LogP contribution < -0.4 is 10.5 Å². The first kappa shape index (κ1) is 16.4. The average molecular weight is 301 g/mol. The van der Waals surface area contributed by atoms with E-state index in [4.69, 9.17) is 5.73 Å². The lowest BCUT2D eigenvalue weighted by Crippen LogP contribution is -2.29. The monoisotopic (exact) mass is 301 g/mol. The lowest BCUT2D eigenvalue weighted by Gasteiger charge is -2.13. The topological polar surface area (TPSA) is 115 Å². The van der Waals surface area contributed by atoms with Gasteiger partial charge in [-0.3, -0.25) is 10.1 Å². The van der Waals surface area contributed by atoms with E-state index >= 15 is 0 Å². The molecule has 0 radical (unpaired) electrons. The first-order valence-electron chi connectivity index (χ1n) is 6.35. The third kappa shape index (κ3) is 3.91. The van der Waals surface area contributed by atoms with Crippen molar-refractivity contribution in [1.29, 1.82) is 0 Å². The van der Waals surface area contributed by atoms with Crippen LogP contribution in [0.2, 0.25) is 0 Å². The smallest absolute Gasteiger partial charge is 0.289 e. The molecule has 0 bridgehead atoms. The van der Waals surface area contributed by atoms with Crippen LogP contribution in [0.4, 0.5) is 11.4 Å². The summed E-state index contributed by atoms with van der Waals surface area (Å²) in [6, 6.07) is 3.51. The minimum atomic E-state index is -3.95. The van der Waals surface area contributed by atoms with Gasteiger partial charge in [-0.25, -0.2) is 13.1 Å². The molecule has 0 amide bonds. The molecule has 0 aliphatic carbocycles. The molecule has 8 heteroatoms. The molecule has 0 atom stereocenters. The highest BCUT2D eigenvalue weighted by Crippen LogP contribution is 2.25. The van der Waals surface area contributed by atoms with Crippen LogP contribution >= 0.6 is 0 Å². The molecular formula is C12H19N3O4S. The summed E-state index contributed by atoms with van der Waals surface area (Å²) in [6.07, 6.45) is 1.66. The Labute approximate surface area is 118 Å². The van der Waals surface area contributed by atoms with Gasteiger partial charge in [0.2, 0.25) is 10.0 Å². The molecule has 7 nitrogen and oxygen atoms in total. The van der Waals surface area contributed by atoms with Crippen LogP contribution in [0, 0.1) is 16.0 Å². The van der Waals surface area contributed by atoms with Gasteiger partial charge in [0.25, 0.3) is 5.69 Å². The van der Waals surface area contributed by atoms with Gasteiger partial charge in [-0.2, -0.15) is 0 Å². The highest BCUT2D eigenvalue weighted by atomic mass is 32.2. The number of nitro benzene ring substituents is 1. The Bertz CT molecular complexity index is 582. The number of hydrogen-bond donors (Lipinski definition) is 2. The lowest BCUT2D eigenvalue weighted by molar-refractivity contribution is -0.387. The number of nitro groups is 1. The fraction of sp³-hybridized carbons (Fsp3) is 0.500. The molecule has 112 valence electrons. The van der Waals surface area contributed by atoms with Gasteiger partial charge in [-0.1, -0.05) is 26.7 Å². The van der Waals surface area contributed by atoms with E-state index in [2.05, 4.69) is 4.72 Å². The summed E-state index contributed by atoms with van der Waals surface area (Å²) in [7, 11) is -3.95. The van der Waals surface area contributed by atoms with Crippen molar-refractivity contribution in [1.82, 2.24) is 4.72 Å². The van der Waals surface area contributed by atoms with E-state index < -0.39 is 25.5 Å². The lowest BCUT2D eigenvalue weighted by atomic mass is 10.0. The van der Waals surface area contributed by atoms with Crippen molar-refractivity contribution in [3.05, 3.63) is 28.3 Å². The summed E-state index contributed by atoms with van der Waals surface area (Å²) in [5.74, 6) is 0.199. The van der Waals surface area contributed by atoms with Crippen LogP contribution in [-0.4, -0.2) is 19.9 Å². The number of nitrogens with one attached hydrogen (secondary N) is 1. The summed E-state index contributed by atoms with van der Waals surface area (Å²) < 4.78 is 26.8. The predicted octanol–water partition coefficient (Wildman–Crippen LogP) is 1.89. The molecule has 0 fully saturated rings. The van der Waals surface area contributed by atoms with Crippen molar-refractivity contribution < 1.29 is 13.3 Å². The Morgan fingerprint density at radius 1 is 1.35 bits per heavy atom. The molecule has 20 heavy (non-hydrogen) atoms. The Balaban J connectivity index is 3.09. The second-order valence-electron chi connectivity index (χ2n) is 4.52. The molecule has 1 aromatic rings. The van der Waals surface area contributed by atoms with Crippen LogP contribution in [0.3, 0.4) is 0 Å². The van der Waals surface area contributed by atoms with Crippen LogP contribution in [-0.2, 0) is 10.0 Å². The summed E-state index contributed by atoms with van der Waals surface area (Å²) in [6.45, 7) is 4.18. The predicted molar refractivity (Wildman–Crippen MR) is 76.8 cm³/mol. The average Bonchev–Trinajstić information content (AvgIpc) is 2.39. The zero-order chi connectivity index (χ0) is 15.3. The number of nitrogens with zero attached hydrogens (tertiary/aromatic N) is 1. The summed E-state index contributed by atoms with van der Waals surface area (Å²) in [5.41, 5.74) is 5.21. The second kappa shape index (κ2) is 6.67. The van der Waals surface area contributed by atoms with Crippen molar-refractivity contribution >= 4 is 21.4 Å². The van der Waals surface area contributed by atoms with Crippen molar-refractivity contribution in [3.8, 4) is 0 Å². The molecule has 0 unspecified atom stereocenters. The van der Waals surface area contributed by atoms with Gasteiger partial charge in [0, 0.05) is 18.3 Å². The number of sulfonamides is 1. The normalized spacial score (nSPS) is 11.8. The first-order chi connectivity index (χ1) is 9.31. The Kier molecular flexibility index (Phi) is 5.46. The SMILES string of the molecule is CCC(CC)CNS(=O)(=O)c1cc(N)ccc1[N+](=O)[O-]. The fourth-order valence-corrected chi connectivity index (χ4v) is 3.10. The van der Waals surface area contributed by atoms with E-state index in [9.17, 15) is 18.5 Å². The minimum absolute atomic E-state index is 0.165. The summed E-state index contributed by atoms with van der Waals surface area (Å²) in [4.78, 5) is 9.78. The molecule has 3 N–H and O–H groups in total. The molecular weight excluding hydrogens is 282 g/mol. The Morgan fingerprint density at radius 3 is 2.45 bits per heavy atom. The maximum atomic E-state index is 12.2. The molecule has 0 saturated heterocycles. The number of nitrogens with two attached hydrogens (primary N) is 1. The third-order valence-corrected chi connectivity index (χ3v) is 4.64. The van der Waals surface area contributed by atoms with Gasteiger partial charge < -0.3 is 5.73 Å². The number of benzene rings is 1. The number of nitrogen functional groups attached to an aromatic ring is 1. The quantitative estimate of drug-likeness (QED) is 0.453. The minimum Gasteiger partial charge on any atom is -0.399 e. The molecule has 0 spiro atoms. The van der Waals surface area contributed by atoms with E-state index in [0.717, 1.165) is 25.0 Å². The van der Waals surface area contributed by atoms with Crippen molar-refractivity contribution in [3.63, 3.8) is 0 Å². The maximum Gasteiger partial charge on any atom is 0.289 e. The Morgan fingerprint density at radius 2 is 1.95 bits per heavy atom. The molecule has 0 aliphatic heterocycles. The Hall–Kier alpha value is -1.67. The largest absolute Gasteiger partial charge is 0.399 e. The van der Waals surface area contributed by atoms with Gasteiger partial charge in [0.05, 0.1) is 4.92 Å². The zero-order valence-electron chi connectivity index (χ0n) is 11.5. The highest BCUT2D eigenvalue weighted by molar-refractivity contribution is 7.89. The van der Waals surface area contributed by atoms with Gasteiger partial charge in [-0.15, -0.1) is 0 Å². The summed E-state index contributed by atoms with van der Waals surface area (Å²) >= 11 is 0. The van der Waals surface area contributed by atoms with Gasteiger partial charge in [0.15, 0.2) is 4.90 Å². The van der Waals surface area contributed by atoms with Gasteiger partial charge in [0.1, 0.15) is 0 Å². The fourth-order valence-electron chi connectivity index (χ4n) is 1.78. The van der Waals surface area contributed by atoms with E-state index in [0.29, 0.717) is 0 Å². The maximum absolute atomic E-state index is 12.2. The van der Waals surface area contributed by atoms with Crippen molar-refractivity contribution in [2.75, 3.05) is 12.3 Å². The van der Waals surface area contributed by atoms with E-state index in [1.165, 1.54) is 6.07 Å². The van der Waals surface area contributed by atoms with E-state index in [1.54, 1.807) is 0 Å². The zero-order valence-corrected chi connectivity index (χ0v) is 12.3. The van der Waals surface area contributed by atoms with Gasteiger partial charge in [-0.05, 0) is 18.1 Å². The standard InChI is InChI=1S/C12H19N3O4S/c1-3-9(4-2)8-14-20(18,19)12-7-10(13)5-6-11(12)15(16)17/h5-7,9,14H,3-4,8,13H2,1-2H3. The number of rotatable bonds is 7. The van der Waals surface area contributed by atoms with Gasteiger partial charge >= 0.3 is 0 Å². The molecule has 0 heterocycles. The number of hydrogen-bond acceptors (Lipinski definition) is 5. The second-order valence-corrected chi connectivity index (χ2v) is 6.25. The first-order valence-corrected chi connectivity index (χ1v) is 7.83. The van der Waals surface area contributed by atoms with Crippen molar-refractivity contribution in [2.24, 2.45) is 5.92 Å². The number of anilines is 1. The van der Waals surface area contributed by atoms with Crippen LogP contribution in [0.1, 0.15) is 26.7 Å². The highest BCUT2D eigenvalue weighted by Gasteiger charge is 2.26. The molecule has 0 aliphatic rings. The van der Waals surface area contributed by atoms with E-state index in [-0.39, 0.29) is 18.2 Å². The summed E-state index contributed by atoms with van der Waals surface area (Å²) in [5, 5.41) is 10.9. The van der Waals surface area contributed by atoms with Crippen LogP contribution in [0.5, 0.6) is 0 Å². The van der Waals surface area contributed by atoms with Crippen LogP contribution in [0.25, 0.3) is 0 Å². The molecule has 0 aromatic heterocycles. The van der Waals surface area contributed by atoms with Crippen LogP contribution in [0.15, 0.2) is 23.1 Å². The molecule has 1 rings (SSSR count). The van der Waals surface area contributed by atoms with E-state index in [1.807, 2.05) is 13.8 Å². The van der Waals surface area contributed by atoms with Crippen molar-refractivity contribution in [2.45, 2.75) is 31.6 Å². The molecule has 0 saturated carbocycles. The third-order valence-electron chi connectivity index (χ3n) is 3.19. The molecule has 1 aromatic carbocycles.